The number of nitrogens with zero attached hydrogens (tertiary/aromatic N) is 1. The molecule has 6 nitrogen and oxygen atoms in total. The van der Waals surface area contributed by atoms with Gasteiger partial charge in [0.25, 0.3) is 0 Å². The van der Waals surface area contributed by atoms with Crippen molar-refractivity contribution in [2.24, 2.45) is 0 Å². The van der Waals surface area contributed by atoms with Crippen molar-refractivity contribution in [3.63, 3.8) is 0 Å². The first-order chi connectivity index (χ1) is 13.0. The van der Waals surface area contributed by atoms with Gasteiger partial charge in [-0.3, -0.25) is 4.90 Å². The van der Waals surface area contributed by atoms with E-state index in [4.69, 9.17) is 0 Å². The summed E-state index contributed by atoms with van der Waals surface area (Å²) in [6.45, 7) is 1.09. The van der Waals surface area contributed by atoms with Crippen LogP contribution in [0.5, 0.6) is 0 Å². The fraction of sp³-hybridized carbons (Fsp3) is 0.650. The van der Waals surface area contributed by atoms with E-state index in [1.807, 2.05) is 0 Å². The molecule has 2 amide bonds. The van der Waals surface area contributed by atoms with E-state index < -0.39 is 21.3 Å². The van der Waals surface area contributed by atoms with Gasteiger partial charge in [-0.25, -0.2) is 17.9 Å². The van der Waals surface area contributed by atoms with Gasteiger partial charge in [0.15, 0.2) is 0 Å². The van der Waals surface area contributed by atoms with Gasteiger partial charge in [0.05, 0.1) is 0 Å². The number of hydrogen-bond acceptors (Lipinski definition) is 4. The standard InChI is InChI=1S/C20H27N3O3S.K/c24-20(22-27(25,26)16-11-23(12-16)15-6-3-7-15)21-19-17-8-1-4-13(17)10-14-5-2-9-18(14)19;/h10,15-16H,1-9,11-12H2,(H2,21,22,24);. The number of urea groups is 1. The Hall–Kier alpha value is 0.0364. The molecule has 1 heterocycles. The van der Waals surface area contributed by atoms with E-state index in [0.29, 0.717) is 19.1 Å². The Balaban J connectivity index is 0.00000192. The Bertz CT molecular complexity index is 860. The van der Waals surface area contributed by atoms with Crippen LogP contribution in [0.15, 0.2) is 6.07 Å². The zero-order valence-electron chi connectivity index (χ0n) is 16.6. The predicted molar refractivity (Wildman–Crippen MR) is 110 cm³/mol. The number of fused-ring (bicyclic) bond motifs is 2. The van der Waals surface area contributed by atoms with E-state index in [9.17, 15) is 13.2 Å². The minimum atomic E-state index is -3.63. The van der Waals surface area contributed by atoms with Crippen LogP contribution in [0.4, 0.5) is 10.5 Å². The molecule has 1 radical (unpaired) electrons. The molecule has 5 rings (SSSR count). The largest absolute Gasteiger partial charge is 0.332 e. The topological polar surface area (TPSA) is 78.5 Å². The van der Waals surface area contributed by atoms with E-state index in [1.54, 1.807) is 0 Å². The van der Waals surface area contributed by atoms with Crippen LogP contribution in [0, 0.1) is 0 Å². The Morgan fingerprint density at radius 2 is 1.57 bits per heavy atom. The molecular formula is C20H27KN3O3S. The summed E-state index contributed by atoms with van der Waals surface area (Å²) in [5.74, 6) is 0. The number of carbonyl (C=O) groups is 1. The van der Waals surface area contributed by atoms with Crippen LogP contribution in [0.1, 0.15) is 54.4 Å². The zero-order valence-corrected chi connectivity index (χ0v) is 20.5. The molecule has 0 aromatic heterocycles. The molecule has 1 aromatic rings. The summed E-state index contributed by atoms with van der Waals surface area (Å²) >= 11 is 0. The summed E-state index contributed by atoms with van der Waals surface area (Å²) in [6.07, 6.45) is 9.82. The van der Waals surface area contributed by atoms with Crippen molar-refractivity contribution in [3.05, 3.63) is 28.3 Å². The first-order valence-corrected chi connectivity index (χ1v) is 11.8. The second-order valence-electron chi connectivity index (χ2n) is 8.50. The molecule has 1 saturated carbocycles. The number of sulfonamides is 1. The number of benzene rings is 1. The monoisotopic (exact) mass is 428 g/mol. The molecule has 4 aliphatic rings. The Kier molecular flexibility index (Phi) is 6.29. The molecule has 2 N–H and O–H groups in total. The summed E-state index contributed by atoms with van der Waals surface area (Å²) in [5.41, 5.74) is 5.95. The zero-order chi connectivity index (χ0) is 18.6. The van der Waals surface area contributed by atoms with Crippen LogP contribution in [0.2, 0.25) is 0 Å². The number of hydrogen-bond donors (Lipinski definition) is 2. The van der Waals surface area contributed by atoms with Crippen LogP contribution in [-0.4, -0.2) is 95.1 Å². The average molecular weight is 429 g/mol. The maximum absolute atomic E-state index is 12.6. The van der Waals surface area contributed by atoms with Gasteiger partial charge in [0, 0.05) is 76.2 Å². The van der Waals surface area contributed by atoms with Gasteiger partial charge in [0.2, 0.25) is 10.0 Å². The third kappa shape index (κ3) is 3.86. The number of likely N-dealkylation sites (tertiary alicyclic amines) is 1. The van der Waals surface area contributed by atoms with Crippen LogP contribution in [-0.2, 0) is 35.7 Å². The van der Waals surface area contributed by atoms with Crippen molar-refractivity contribution in [2.45, 2.75) is 69.1 Å². The van der Waals surface area contributed by atoms with E-state index in [-0.39, 0.29) is 51.4 Å². The van der Waals surface area contributed by atoms with E-state index in [1.165, 1.54) is 41.5 Å². The molecule has 1 aromatic carbocycles. The Morgan fingerprint density at radius 3 is 2.11 bits per heavy atom. The van der Waals surface area contributed by atoms with Gasteiger partial charge in [-0.15, -0.1) is 0 Å². The third-order valence-electron chi connectivity index (χ3n) is 6.85. The summed E-state index contributed by atoms with van der Waals surface area (Å²) in [4.78, 5) is 14.8. The van der Waals surface area contributed by atoms with E-state index >= 15 is 0 Å². The molecule has 8 heteroatoms. The molecule has 1 saturated heterocycles. The van der Waals surface area contributed by atoms with Crippen molar-refractivity contribution in [1.82, 2.24) is 9.62 Å². The van der Waals surface area contributed by atoms with Crippen molar-refractivity contribution in [1.29, 1.82) is 0 Å². The fourth-order valence-corrected chi connectivity index (χ4v) is 6.29. The quantitative estimate of drug-likeness (QED) is 0.719. The summed E-state index contributed by atoms with van der Waals surface area (Å²) < 4.78 is 27.4. The summed E-state index contributed by atoms with van der Waals surface area (Å²) in [6, 6.07) is 2.25. The van der Waals surface area contributed by atoms with E-state index in [0.717, 1.165) is 44.2 Å². The smallest absolute Gasteiger partial charge is 0.307 e. The number of nitrogens with one attached hydrogen (secondary N) is 2. The molecule has 3 aliphatic carbocycles. The van der Waals surface area contributed by atoms with Crippen molar-refractivity contribution in [2.75, 3.05) is 18.4 Å². The van der Waals surface area contributed by atoms with Gasteiger partial charge < -0.3 is 5.32 Å². The van der Waals surface area contributed by atoms with Crippen LogP contribution >= 0.6 is 0 Å². The predicted octanol–water partition coefficient (Wildman–Crippen LogP) is 1.97. The maximum Gasteiger partial charge on any atom is 0.332 e. The average Bonchev–Trinajstić information content (AvgIpc) is 3.15. The maximum atomic E-state index is 12.6. The first-order valence-electron chi connectivity index (χ1n) is 10.2. The molecule has 28 heavy (non-hydrogen) atoms. The molecule has 0 atom stereocenters. The molecule has 0 unspecified atom stereocenters. The fourth-order valence-electron chi connectivity index (χ4n) is 5.03. The van der Waals surface area contributed by atoms with Gasteiger partial charge >= 0.3 is 6.03 Å². The number of anilines is 1. The normalized spacial score (nSPS) is 21.9. The summed E-state index contributed by atoms with van der Waals surface area (Å²) in [7, 11) is -3.63. The number of aryl methyl sites for hydroxylation is 2. The molecule has 0 spiro atoms. The Labute approximate surface area is 209 Å². The number of carbonyl (C=O) groups excluding carboxylic acids is 1. The minimum absolute atomic E-state index is 0. The van der Waals surface area contributed by atoms with Crippen LogP contribution < -0.4 is 10.0 Å². The van der Waals surface area contributed by atoms with Crippen molar-refractivity contribution < 1.29 is 13.2 Å². The molecule has 147 valence electrons. The number of amides is 2. The first kappa shape index (κ1) is 21.3. The SMILES string of the molecule is O=C(Nc1c2c(cc3c1CCC3)CCC2)NS(=O)(=O)C1CN(C2CCC2)C1.[K]. The second kappa shape index (κ2) is 8.28. The van der Waals surface area contributed by atoms with Crippen LogP contribution in [0.25, 0.3) is 0 Å². The van der Waals surface area contributed by atoms with E-state index in [2.05, 4.69) is 21.0 Å². The van der Waals surface area contributed by atoms with Crippen molar-refractivity contribution >= 4 is 73.1 Å². The van der Waals surface area contributed by atoms with Gasteiger partial charge in [-0.2, -0.15) is 0 Å². The van der Waals surface area contributed by atoms with Crippen LogP contribution in [0.3, 0.4) is 0 Å². The van der Waals surface area contributed by atoms with Gasteiger partial charge in [0.1, 0.15) is 5.25 Å². The second-order valence-corrected chi connectivity index (χ2v) is 10.5. The summed E-state index contributed by atoms with van der Waals surface area (Å²) in [5, 5.41) is 2.44. The molecule has 0 bridgehead atoms. The number of rotatable bonds is 4. The molecular weight excluding hydrogens is 401 g/mol. The molecule has 1 aliphatic heterocycles. The van der Waals surface area contributed by atoms with Gasteiger partial charge in [-0.1, -0.05) is 12.5 Å². The minimum Gasteiger partial charge on any atom is -0.307 e. The molecule has 2 fully saturated rings. The third-order valence-corrected chi connectivity index (χ3v) is 8.50. The Morgan fingerprint density at radius 1 is 0.964 bits per heavy atom. The van der Waals surface area contributed by atoms with Crippen molar-refractivity contribution in [3.8, 4) is 0 Å². The van der Waals surface area contributed by atoms with Gasteiger partial charge in [-0.05, 0) is 73.6 Å².